The molecule has 1 aliphatic rings. The average molecular weight is 466 g/mol. The van der Waals surface area contributed by atoms with Crippen LogP contribution in [0.4, 0.5) is 19.3 Å². The van der Waals surface area contributed by atoms with Crippen molar-refractivity contribution in [1.82, 2.24) is 5.32 Å². The molecule has 3 aromatic rings. The van der Waals surface area contributed by atoms with Gasteiger partial charge in [0.2, 0.25) is 5.91 Å². The Hall–Kier alpha value is -4.27. The Morgan fingerprint density at radius 3 is 2.15 bits per heavy atom. The van der Waals surface area contributed by atoms with Gasteiger partial charge < -0.3 is 20.5 Å². The second-order valence-corrected chi connectivity index (χ2v) is 7.77. The standard InChI is InChI=1S/C25H20F2N2O5/c1-13(23(30)29-20-11-10-19(26)21(22(20)27)24(31)32)28-25(33)34-12-18-16-8-4-2-6-14(16)15-7-3-5-9-17(15)18/h2-11,13,18H,12H2,1H3,(H,28,33)(H,29,30)(H,31,32). The van der Waals surface area contributed by atoms with Gasteiger partial charge in [-0.1, -0.05) is 48.5 Å². The van der Waals surface area contributed by atoms with Crippen molar-refractivity contribution in [3.63, 3.8) is 0 Å². The third-order valence-corrected chi connectivity index (χ3v) is 5.63. The smallest absolute Gasteiger partial charge is 0.407 e. The highest BCUT2D eigenvalue weighted by atomic mass is 19.1. The number of hydrogen-bond donors (Lipinski definition) is 3. The molecule has 0 saturated carbocycles. The third kappa shape index (κ3) is 4.32. The molecule has 9 heteroatoms. The largest absolute Gasteiger partial charge is 0.477 e. The molecule has 0 bridgehead atoms. The van der Waals surface area contributed by atoms with E-state index in [9.17, 15) is 23.2 Å². The average Bonchev–Trinajstić information content (AvgIpc) is 3.13. The van der Waals surface area contributed by atoms with Crippen molar-refractivity contribution in [3.8, 4) is 11.1 Å². The number of hydrogen-bond acceptors (Lipinski definition) is 4. The number of amides is 2. The summed E-state index contributed by atoms with van der Waals surface area (Å²) in [5, 5.41) is 13.4. The molecule has 4 rings (SSSR count). The van der Waals surface area contributed by atoms with Gasteiger partial charge in [-0.05, 0) is 41.3 Å². The van der Waals surface area contributed by atoms with Crippen molar-refractivity contribution < 1.29 is 33.0 Å². The number of carboxylic acid groups (broad SMARTS) is 1. The van der Waals surface area contributed by atoms with E-state index < -0.39 is 46.9 Å². The second kappa shape index (κ2) is 9.30. The SMILES string of the molecule is CC(NC(=O)OCC1c2ccccc2-c2ccccc21)C(=O)Nc1ccc(F)c(C(=O)O)c1F. The van der Waals surface area contributed by atoms with E-state index in [1.54, 1.807) is 0 Å². The summed E-state index contributed by atoms with van der Waals surface area (Å²) in [6.45, 7) is 1.39. The molecule has 1 aliphatic carbocycles. The molecule has 2 amide bonds. The maximum absolute atomic E-state index is 14.3. The number of ether oxygens (including phenoxy) is 1. The first-order chi connectivity index (χ1) is 16.3. The van der Waals surface area contributed by atoms with Crippen LogP contribution in [0, 0.1) is 11.6 Å². The fourth-order valence-electron chi connectivity index (χ4n) is 3.97. The summed E-state index contributed by atoms with van der Waals surface area (Å²) in [4.78, 5) is 35.7. The van der Waals surface area contributed by atoms with Crippen LogP contribution < -0.4 is 10.6 Å². The monoisotopic (exact) mass is 466 g/mol. The normalized spacial score (nSPS) is 12.9. The number of nitrogens with one attached hydrogen (secondary N) is 2. The molecule has 0 aliphatic heterocycles. The predicted molar refractivity (Wildman–Crippen MR) is 120 cm³/mol. The van der Waals surface area contributed by atoms with Gasteiger partial charge in [0.1, 0.15) is 24.0 Å². The van der Waals surface area contributed by atoms with E-state index in [4.69, 9.17) is 9.84 Å². The van der Waals surface area contributed by atoms with E-state index in [0.717, 1.165) is 34.4 Å². The Bertz CT molecular complexity index is 1250. The topological polar surface area (TPSA) is 105 Å². The third-order valence-electron chi connectivity index (χ3n) is 5.63. The van der Waals surface area contributed by atoms with Gasteiger partial charge in [-0.3, -0.25) is 4.79 Å². The summed E-state index contributed by atoms with van der Waals surface area (Å²) in [6.07, 6.45) is -0.852. The summed E-state index contributed by atoms with van der Waals surface area (Å²) < 4.78 is 33.2. The van der Waals surface area contributed by atoms with Crippen molar-refractivity contribution in [2.24, 2.45) is 0 Å². The van der Waals surface area contributed by atoms with Crippen molar-refractivity contribution >= 4 is 23.7 Å². The zero-order chi connectivity index (χ0) is 24.4. The summed E-state index contributed by atoms with van der Waals surface area (Å²) in [5.74, 6) is -5.50. The van der Waals surface area contributed by atoms with Crippen LogP contribution in [0.25, 0.3) is 11.1 Å². The van der Waals surface area contributed by atoms with Gasteiger partial charge >= 0.3 is 12.1 Å². The minimum atomic E-state index is -1.81. The van der Waals surface area contributed by atoms with E-state index in [1.807, 2.05) is 48.5 Å². The molecule has 0 fully saturated rings. The lowest BCUT2D eigenvalue weighted by molar-refractivity contribution is -0.117. The van der Waals surface area contributed by atoms with Gasteiger partial charge in [0.25, 0.3) is 0 Å². The molecule has 0 radical (unpaired) electrons. The molecule has 174 valence electrons. The van der Waals surface area contributed by atoms with Crippen molar-refractivity contribution in [2.75, 3.05) is 11.9 Å². The van der Waals surface area contributed by atoms with Crippen LogP contribution in [0.3, 0.4) is 0 Å². The zero-order valence-corrected chi connectivity index (χ0v) is 18.0. The summed E-state index contributed by atoms with van der Waals surface area (Å²) in [5.41, 5.74) is 2.50. The number of fused-ring (bicyclic) bond motifs is 3. The van der Waals surface area contributed by atoms with Gasteiger partial charge in [-0.2, -0.15) is 0 Å². The van der Waals surface area contributed by atoms with Crippen LogP contribution in [0.5, 0.6) is 0 Å². The first-order valence-electron chi connectivity index (χ1n) is 10.4. The highest BCUT2D eigenvalue weighted by Crippen LogP contribution is 2.44. The number of benzene rings is 3. The number of carbonyl (C=O) groups excluding carboxylic acids is 2. The quantitative estimate of drug-likeness (QED) is 0.495. The van der Waals surface area contributed by atoms with Gasteiger partial charge in [-0.25, -0.2) is 18.4 Å². The predicted octanol–water partition coefficient (Wildman–Crippen LogP) is 4.53. The molecule has 34 heavy (non-hydrogen) atoms. The van der Waals surface area contributed by atoms with Crippen LogP contribution in [-0.2, 0) is 9.53 Å². The Morgan fingerprint density at radius 1 is 0.971 bits per heavy atom. The molecule has 1 unspecified atom stereocenters. The number of alkyl carbamates (subject to hydrolysis) is 1. The minimum Gasteiger partial charge on any atom is -0.477 e. The molecule has 3 N–H and O–H groups in total. The Labute approximate surface area is 193 Å². The van der Waals surface area contributed by atoms with Crippen molar-refractivity contribution in [1.29, 1.82) is 0 Å². The lowest BCUT2D eigenvalue weighted by Gasteiger charge is -2.17. The van der Waals surface area contributed by atoms with Crippen molar-refractivity contribution in [3.05, 3.63) is 89.0 Å². The fraction of sp³-hybridized carbons (Fsp3) is 0.160. The van der Waals surface area contributed by atoms with Crippen LogP contribution in [0.2, 0.25) is 0 Å². The zero-order valence-electron chi connectivity index (χ0n) is 18.0. The molecule has 0 heterocycles. The van der Waals surface area contributed by atoms with Crippen LogP contribution in [0.15, 0.2) is 60.7 Å². The Kier molecular flexibility index (Phi) is 6.27. The van der Waals surface area contributed by atoms with E-state index >= 15 is 0 Å². The highest BCUT2D eigenvalue weighted by molar-refractivity contribution is 5.98. The number of halogens is 2. The minimum absolute atomic E-state index is 0.0444. The van der Waals surface area contributed by atoms with E-state index in [0.29, 0.717) is 0 Å². The molecule has 0 spiro atoms. The number of anilines is 1. The van der Waals surface area contributed by atoms with Gasteiger partial charge in [0.05, 0.1) is 5.69 Å². The summed E-state index contributed by atoms with van der Waals surface area (Å²) in [7, 11) is 0. The maximum atomic E-state index is 14.3. The summed E-state index contributed by atoms with van der Waals surface area (Å²) >= 11 is 0. The maximum Gasteiger partial charge on any atom is 0.407 e. The second-order valence-electron chi connectivity index (χ2n) is 7.77. The van der Waals surface area contributed by atoms with Gasteiger partial charge in [0, 0.05) is 5.92 Å². The molecular formula is C25H20F2N2O5. The van der Waals surface area contributed by atoms with Crippen LogP contribution in [-0.4, -0.2) is 35.7 Å². The molecular weight excluding hydrogens is 446 g/mol. The lowest BCUT2D eigenvalue weighted by atomic mass is 9.98. The molecule has 7 nitrogen and oxygen atoms in total. The lowest BCUT2D eigenvalue weighted by Crippen LogP contribution is -2.42. The first-order valence-corrected chi connectivity index (χ1v) is 10.4. The highest BCUT2D eigenvalue weighted by Gasteiger charge is 2.29. The van der Waals surface area contributed by atoms with Crippen molar-refractivity contribution in [2.45, 2.75) is 18.9 Å². The number of carboxylic acids is 1. The molecule has 1 atom stereocenters. The number of rotatable bonds is 6. The van der Waals surface area contributed by atoms with Gasteiger partial charge in [0.15, 0.2) is 5.82 Å². The molecule has 0 saturated heterocycles. The van der Waals surface area contributed by atoms with Crippen LogP contribution >= 0.6 is 0 Å². The summed E-state index contributed by atoms with van der Waals surface area (Å²) in [6, 6.07) is 16.1. The van der Waals surface area contributed by atoms with E-state index in [2.05, 4.69) is 10.6 Å². The number of carbonyl (C=O) groups is 3. The molecule has 0 aromatic heterocycles. The number of aromatic carboxylic acids is 1. The van der Waals surface area contributed by atoms with Crippen LogP contribution in [0.1, 0.15) is 34.3 Å². The molecule has 3 aromatic carbocycles. The Balaban J connectivity index is 1.38. The first kappa shape index (κ1) is 22.9. The Morgan fingerprint density at radius 2 is 1.56 bits per heavy atom. The van der Waals surface area contributed by atoms with E-state index in [1.165, 1.54) is 6.92 Å². The fourth-order valence-corrected chi connectivity index (χ4v) is 3.97. The van der Waals surface area contributed by atoms with Gasteiger partial charge in [-0.15, -0.1) is 0 Å². The van der Waals surface area contributed by atoms with E-state index in [-0.39, 0.29) is 12.5 Å².